The van der Waals surface area contributed by atoms with Crippen molar-refractivity contribution >= 4 is 0 Å². The zero-order valence-electron chi connectivity index (χ0n) is 13.5. The van der Waals surface area contributed by atoms with Crippen LogP contribution in [0.25, 0.3) is 5.69 Å². The second-order valence-corrected chi connectivity index (χ2v) is 5.98. The van der Waals surface area contributed by atoms with Crippen molar-refractivity contribution in [2.75, 3.05) is 26.3 Å². The third-order valence-electron chi connectivity index (χ3n) is 4.63. The highest BCUT2D eigenvalue weighted by atomic mass is 16.5. The number of tetrazole rings is 1. The minimum atomic E-state index is -0.196. The van der Waals surface area contributed by atoms with Crippen molar-refractivity contribution in [2.45, 2.75) is 32.7 Å². The van der Waals surface area contributed by atoms with Crippen LogP contribution in [0.4, 0.5) is 0 Å². The number of nitrogens with zero attached hydrogens (tertiary/aromatic N) is 5. The molecular formula is C16H23N5O. The Bertz CT molecular complexity index is 618. The molecule has 1 atom stereocenters. The summed E-state index contributed by atoms with van der Waals surface area (Å²) < 4.78 is 7.34. The van der Waals surface area contributed by atoms with Gasteiger partial charge in [-0.1, -0.05) is 24.6 Å². The molecule has 22 heavy (non-hydrogen) atoms. The van der Waals surface area contributed by atoms with Crippen LogP contribution in [0.1, 0.15) is 31.7 Å². The van der Waals surface area contributed by atoms with Gasteiger partial charge < -0.3 is 4.74 Å². The van der Waals surface area contributed by atoms with Crippen molar-refractivity contribution in [3.05, 3.63) is 35.7 Å². The van der Waals surface area contributed by atoms with Crippen molar-refractivity contribution in [1.82, 2.24) is 25.1 Å². The zero-order valence-corrected chi connectivity index (χ0v) is 13.5. The lowest BCUT2D eigenvalue weighted by atomic mass is 9.94. The summed E-state index contributed by atoms with van der Waals surface area (Å²) in [6.07, 6.45) is 0.944. The summed E-state index contributed by atoms with van der Waals surface area (Å²) in [4.78, 5) is 2.42. The van der Waals surface area contributed by atoms with E-state index in [1.54, 1.807) is 0 Å². The highest BCUT2D eigenvalue weighted by molar-refractivity contribution is 5.34. The molecule has 1 aliphatic rings. The van der Waals surface area contributed by atoms with Gasteiger partial charge in [0, 0.05) is 13.1 Å². The molecular weight excluding hydrogens is 278 g/mol. The van der Waals surface area contributed by atoms with Gasteiger partial charge in [0.25, 0.3) is 0 Å². The first-order chi connectivity index (χ1) is 10.6. The van der Waals surface area contributed by atoms with E-state index in [-0.39, 0.29) is 5.54 Å². The summed E-state index contributed by atoms with van der Waals surface area (Å²) >= 11 is 0. The Morgan fingerprint density at radius 3 is 2.50 bits per heavy atom. The summed E-state index contributed by atoms with van der Waals surface area (Å²) in [5.74, 6) is 0.890. The number of aryl methyl sites for hydroxylation is 1. The SMILES string of the molecule is CC[C@@](C)(c1nnnn1-c1ccc(C)cc1)N1CCOCC1. The molecule has 0 unspecified atom stereocenters. The lowest BCUT2D eigenvalue weighted by Gasteiger charge is -2.41. The molecule has 0 saturated carbocycles. The first kappa shape index (κ1) is 15.1. The molecule has 0 bridgehead atoms. The zero-order chi connectivity index (χ0) is 15.6. The molecule has 1 aromatic heterocycles. The molecule has 2 aromatic rings. The molecule has 1 fully saturated rings. The van der Waals surface area contributed by atoms with E-state index in [1.165, 1.54) is 5.56 Å². The molecule has 1 saturated heterocycles. The van der Waals surface area contributed by atoms with E-state index < -0.39 is 0 Å². The number of benzene rings is 1. The second-order valence-electron chi connectivity index (χ2n) is 5.98. The molecule has 0 radical (unpaired) electrons. The lowest BCUT2D eigenvalue weighted by molar-refractivity contribution is -0.0240. The number of ether oxygens (including phenoxy) is 1. The fourth-order valence-corrected chi connectivity index (χ4v) is 2.96. The van der Waals surface area contributed by atoms with Gasteiger partial charge in [0.05, 0.1) is 24.4 Å². The maximum absolute atomic E-state index is 5.48. The highest BCUT2D eigenvalue weighted by Crippen LogP contribution is 2.31. The van der Waals surface area contributed by atoms with E-state index in [9.17, 15) is 0 Å². The summed E-state index contributed by atoms with van der Waals surface area (Å²) in [5, 5.41) is 12.5. The first-order valence-electron chi connectivity index (χ1n) is 7.84. The smallest absolute Gasteiger partial charge is 0.176 e. The molecule has 1 aromatic carbocycles. The molecule has 0 amide bonds. The van der Waals surface area contributed by atoms with Crippen LogP contribution in [0, 0.1) is 6.92 Å². The van der Waals surface area contributed by atoms with Crippen LogP contribution in [-0.4, -0.2) is 51.4 Å². The van der Waals surface area contributed by atoms with E-state index in [2.05, 4.69) is 65.5 Å². The normalized spacial score (nSPS) is 19.0. The van der Waals surface area contributed by atoms with Crippen LogP contribution in [-0.2, 0) is 10.3 Å². The Morgan fingerprint density at radius 2 is 1.86 bits per heavy atom. The first-order valence-corrected chi connectivity index (χ1v) is 7.84. The summed E-state index contributed by atoms with van der Waals surface area (Å²) in [6.45, 7) is 9.83. The van der Waals surface area contributed by atoms with Crippen molar-refractivity contribution in [3.63, 3.8) is 0 Å². The summed E-state index contributed by atoms with van der Waals surface area (Å²) in [6, 6.07) is 8.28. The molecule has 2 heterocycles. The molecule has 0 N–H and O–H groups in total. The number of rotatable bonds is 4. The van der Waals surface area contributed by atoms with E-state index in [4.69, 9.17) is 4.74 Å². The van der Waals surface area contributed by atoms with Gasteiger partial charge in [0.1, 0.15) is 0 Å². The minimum absolute atomic E-state index is 0.196. The molecule has 6 nitrogen and oxygen atoms in total. The Balaban J connectivity index is 1.99. The standard InChI is InChI=1S/C16H23N5O/c1-4-16(3,20-9-11-22-12-10-20)15-17-18-19-21(15)14-7-5-13(2)6-8-14/h5-8H,4,9-12H2,1-3H3/t16-/m0/s1. The number of hydrogen-bond acceptors (Lipinski definition) is 5. The third kappa shape index (κ3) is 2.64. The van der Waals surface area contributed by atoms with Gasteiger partial charge in [-0.15, -0.1) is 5.10 Å². The number of hydrogen-bond donors (Lipinski definition) is 0. The van der Waals surface area contributed by atoms with Gasteiger partial charge in [-0.2, -0.15) is 4.68 Å². The molecule has 3 rings (SSSR count). The average molecular weight is 301 g/mol. The minimum Gasteiger partial charge on any atom is -0.379 e. The topological polar surface area (TPSA) is 56.1 Å². The largest absolute Gasteiger partial charge is 0.379 e. The highest BCUT2D eigenvalue weighted by Gasteiger charge is 2.38. The van der Waals surface area contributed by atoms with Gasteiger partial charge in [-0.25, -0.2) is 0 Å². The molecule has 6 heteroatoms. The van der Waals surface area contributed by atoms with Crippen molar-refractivity contribution in [3.8, 4) is 5.69 Å². The predicted molar refractivity (Wildman–Crippen MR) is 83.9 cm³/mol. The van der Waals surface area contributed by atoms with Gasteiger partial charge in [-0.3, -0.25) is 4.90 Å². The molecule has 0 spiro atoms. The quantitative estimate of drug-likeness (QED) is 0.863. The van der Waals surface area contributed by atoms with E-state index in [0.717, 1.165) is 44.2 Å². The maximum Gasteiger partial charge on any atom is 0.176 e. The summed E-state index contributed by atoms with van der Waals surface area (Å²) in [7, 11) is 0. The fraction of sp³-hybridized carbons (Fsp3) is 0.562. The van der Waals surface area contributed by atoms with Gasteiger partial charge in [-0.05, 0) is 42.8 Å². The van der Waals surface area contributed by atoms with E-state index >= 15 is 0 Å². The lowest BCUT2D eigenvalue weighted by Crippen LogP contribution is -2.50. The molecule has 118 valence electrons. The van der Waals surface area contributed by atoms with Crippen LogP contribution in [0.15, 0.2) is 24.3 Å². The Morgan fingerprint density at radius 1 is 1.18 bits per heavy atom. The van der Waals surface area contributed by atoms with Gasteiger partial charge in [0.15, 0.2) is 5.82 Å². The molecule has 0 aliphatic carbocycles. The van der Waals surface area contributed by atoms with Crippen molar-refractivity contribution < 1.29 is 4.74 Å². The maximum atomic E-state index is 5.48. The van der Waals surface area contributed by atoms with Crippen LogP contribution in [0.5, 0.6) is 0 Å². The van der Waals surface area contributed by atoms with E-state index in [1.807, 2.05) is 4.68 Å². The van der Waals surface area contributed by atoms with Crippen molar-refractivity contribution in [1.29, 1.82) is 0 Å². The monoisotopic (exact) mass is 301 g/mol. The number of aromatic nitrogens is 4. The molecule has 1 aliphatic heterocycles. The van der Waals surface area contributed by atoms with Gasteiger partial charge >= 0.3 is 0 Å². The Hall–Kier alpha value is -1.79. The summed E-state index contributed by atoms with van der Waals surface area (Å²) in [5.41, 5.74) is 2.03. The predicted octanol–water partition coefficient (Wildman–Crippen LogP) is 1.93. The average Bonchev–Trinajstić information content (AvgIpc) is 3.06. The van der Waals surface area contributed by atoms with Crippen LogP contribution < -0.4 is 0 Å². The second kappa shape index (κ2) is 6.14. The van der Waals surface area contributed by atoms with Gasteiger partial charge in [0.2, 0.25) is 0 Å². The number of morpholine rings is 1. The fourth-order valence-electron chi connectivity index (χ4n) is 2.96. The Kier molecular flexibility index (Phi) is 4.22. The van der Waals surface area contributed by atoms with E-state index in [0.29, 0.717) is 0 Å². The third-order valence-corrected chi connectivity index (χ3v) is 4.63. The van der Waals surface area contributed by atoms with Crippen LogP contribution >= 0.6 is 0 Å². The van der Waals surface area contributed by atoms with Crippen LogP contribution in [0.3, 0.4) is 0 Å². The Labute approximate surface area is 131 Å². The van der Waals surface area contributed by atoms with Crippen LogP contribution in [0.2, 0.25) is 0 Å². The van der Waals surface area contributed by atoms with Crippen molar-refractivity contribution in [2.24, 2.45) is 0 Å².